The lowest BCUT2D eigenvalue weighted by Gasteiger charge is -2.00. The van der Waals surface area contributed by atoms with Gasteiger partial charge in [-0.15, -0.1) is 0 Å². The number of nitrogens with one attached hydrogen (secondary N) is 2. The average Bonchev–Trinajstić information content (AvgIpc) is 3.58. The number of benzene rings is 2. The van der Waals surface area contributed by atoms with Crippen LogP contribution in [0, 0.1) is 0 Å². The molecule has 0 amide bonds. The molecule has 8 heteroatoms. The van der Waals surface area contributed by atoms with E-state index in [4.69, 9.17) is 9.97 Å². The highest BCUT2D eigenvalue weighted by molar-refractivity contribution is 7.29. The van der Waals surface area contributed by atoms with Gasteiger partial charge in [-0.25, -0.2) is 9.97 Å². The van der Waals surface area contributed by atoms with Crippen molar-refractivity contribution in [1.82, 2.24) is 30.4 Å². The van der Waals surface area contributed by atoms with Crippen LogP contribution in [0.15, 0.2) is 73.3 Å². The van der Waals surface area contributed by atoms with E-state index in [9.17, 15) is 0 Å². The van der Waals surface area contributed by atoms with E-state index in [-0.39, 0.29) is 0 Å². The van der Waals surface area contributed by atoms with Crippen LogP contribution in [0.2, 0.25) is 0 Å². The maximum atomic E-state index is 4.82. The van der Waals surface area contributed by atoms with Crippen LogP contribution in [0.4, 0.5) is 0 Å². The normalized spacial score (nSPS) is 11.3. The first kappa shape index (κ1) is 17.3. The molecule has 4 heterocycles. The van der Waals surface area contributed by atoms with Gasteiger partial charge in [-0.3, -0.25) is 10.2 Å². The molecule has 6 aromatic rings. The summed E-state index contributed by atoms with van der Waals surface area (Å²) in [6.07, 6.45) is 7.42. The summed E-state index contributed by atoms with van der Waals surface area (Å²) >= 11 is 3.26. The highest BCUT2D eigenvalue weighted by atomic mass is 32.1. The van der Waals surface area contributed by atoms with Crippen molar-refractivity contribution in [2.24, 2.45) is 0 Å². The second kappa shape index (κ2) is 7.01. The average molecular weight is 427 g/mol. The first-order valence-electron chi connectivity index (χ1n) is 9.30. The summed E-state index contributed by atoms with van der Waals surface area (Å²) in [5.41, 5.74) is 6.61. The SMILES string of the molecule is c1cc(-c2nc3sc(-c4ccc(-c5cn[nH]c5)cc4)nc3s2)ccc1-c1cn[nH]c1. The minimum atomic E-state index is 0.975. The predicted molar refractivity (Wildman–Crippen MR) is 121 cm³/mol. The van der Waals surface area contributed by atoms with Crippen LogP contribution in [0.5, 0.6) is 0 Å². The van der Waals surface area contributed by atoms with Gasteiger partial charge in [0.15, 0.2) is 9.66 Å². The molecule has 0 bridgehead atoms. The van der Waals surface area contributed by atoms with Crippen molar-refractivity contribution in [3.05, 3.63) is 73.3 Å². The van der Waals surface area contributed by atoms with Crippen molar-refractivity contribution in [1.29, 1.82) is 0 Å². The number of aromatic amines is 2. The lowest BCUT2D eigenvalue weighted by Crippen LogP contribution is -1.78. The zero-order chi connectivity index (χ0) is 19.9. The minimum Gasteiger partial charge on any atom is -0.285 e. The van der Waals surface area contributed by atoms with Crippen molar-refractivity contribution >= 4 is 32.3 Å². The number of hydrogen-bond acceptors (Lipinski definition) is 6. The molecule has 2 N–H and O–H groups in total. The van der Waals surface area contributed by atoms with E-state index in [0.29, 0.717) is 0 Å². The van der Waals surface area contributed by atoms with Gasteiger partial charge < -0.3 is 0 Å². The van der Waals surface area contributed by atoms with Gasteiger partial charge in [0.05, 0.1) is 12.4 Å². The summed E-state index contributed by atoms with van der Waals surface area (Å²) in [5, 5.41) is 15.7. The topological polar surface area (TPSA) is 83.1 Å². The molecule has 0 atom stereocenters. The fraction of sp³-hybridized carbons (Fsp3) is 0. The lowest BCUT2D eigenvalue weighted by molar-refractivity contribution is 1.09. The van der Waals surface area contributed by atoms with E-state index in [0.717, 1.165) is 53.1 Å². The molecular weight excluding hydrogens is 412 g/mol. The van der Waals surface area contributed by atoms with Crippen molar-refractivity contribution in [3.63, 3.8) is 0 Å². The third-order valence-corrected chi connectivity index (χ3v) is 7.03. The summed E-state index contributed by atoms with van der Waals surface area (Å²) in [6.45, 7) is 0. The first-order chi connectivity index (χ1) is 14.8. The Bertz CT molecular complexity index is 1270. The Balaban J connectivity index is 1.27. The molecule has 0 aliphatic heterocycles. The molecule has 0 aliphatic carbocycles. The summed E-state index contributed by atoms with van der Waals surface area (Å²) in [5.74, 6) is 0. The maximum absolute atomic E-state index is 4.82. The number of hydrogen-bond donors (Lipinski definition) is 2. The van der Waals surface area contributed by atoms with E-state index in [1.165, 1.54) is 0 Å². The quantitative estimate of drug-likeness (QED) is 0.369. The van der Waals surface area contributed by atoms with E-state index >= 15 is 0 Å². The Labute approximate surface area is 179 Å². The highest BCUT2D eigenvalue weighted by Crippen LogP contribution is 2.37. The van der Waals surface area contributed by atoms with Crippen molar-refractivity contribution in [2.75, 3.05) is 0 Å². The number of thiazole rings is 2. The zero-order valence-electron chi connectivity index (χ0n) is 15.5. The summed E-state index contributed by atoms with van der Waals surface area (Å²) in [7, 11) is 0. The molecule has 0 spiro atoms. The number of H-pyrrole nitrogens is 2. The van der Waals surface area contributed by atoms with Gasteiger partial charge in [-0.2, -0.15) is 10.2 Å². The number of aromatic nitrogens is 6. The van der Waals surface area contributed by atoms with Crippen molar-refractivity contribution < 1.29 is 0 Å². The maximum Gasteiger partial charge on any atom is 0.155 e. The Hall–Kier alpha value is -3.62. The molecular formula is C22H14N6S2. The molecule has 0 unspecified atom stereocenters. The van der Waals surface area contributed by atoms with Crippen LogP contribution >= 0.6 is 22.7 Å². The second-order valence-corrected chi connectivity index (χ2v) is 8.73. The van der Waals surface area contributed by atoms with Crippen LogP contribution in [0.25, 0.3) is 53.1 Å². The molecule has 0 fully saturated rings. The summed E-state index contributed by atoms with van der Waals surface area (Å²) in [6, 6.07) is 16.8. The minimum absolute atomic E-state index is 0.975. The molecule has 0 radical (unpaired) electrons. The monoisotopic (exact) mass is 426 g/mol. The molecule has 6 nitrogen and oxygen atoms in total. The third-order valence-electron chi connectivity index (χ3n) is 4.90. The van der Waals surface area contributed by atoms with Crippen molar-refractivity contribution in [2.45, 2.75) is 0 Å². The highest BCUT2D eigenvalue weighted by Gasteiger charge is 2.13. The molecule has 0 saturated carbocycles. The molecule has 4 aromatic heterocycles. The van der Waals surface area contributed by atoms with Gasteiger partial charge in [0.25, 0.3) is 0 Å². The predicted octanol–water partition coefficient (Wildman–Crippen LogP) is 5.87. The van der Waals surface area contributed by atoms with Gasteiger partial charge in [0.2, 0.25) is 0 Å². The smallest absolute Gasteiger partial charge is 0.155 e. The van der Waals surface area contributed by atoms with Crippen LogP contribution in [-0.2, 0) is 0 Å². The van der Waals surface area contributed by atoms with E-state index in [1.54, 1.807) is 22.7 Å². The van der Waals surface area contributed by atoms with E-state index < -0.39 is 0 Å². The van der Waals surface area contributed by atoms with Gasteiger partial charge >= 0.3 is 0 Å². The van der Waals surface area contributed by atoms with Crippen LogP contribution in [0.1, 0.15) is 0 Å². The Morgan fingerprint density at radius 1 is 0.500 bits per heavy atom. The Kier molecular flexibility index (Phi) is 4.03. The molecule has 0 saturated heterocycles. The molecule has 30 heavy (non-hydrogen) atoms. The third kappa shape index (κ3) is 3.02. The van der Waals surface area contributed by atoms with Crippen LogP contribution in [0.3, 0.4) is 0 Å². The molecule has 0 aliphatic rings. The fourth-order valence-electron chi connectivity index (χ4n) is 3.32. The molecule has 6 rings (SSSR count). The summed E-state index contributed by atoms with van der Waals surface area (Å²) < 4.78 is 0. The van der Waals surface area contributed by atoms with Gasteiger partial charge in [0.1, 0.15) is 10.0 Å². The fourth-order valence-corrected chi connectivity index (χ4v) is 5.37. The van der Waals surface area contributed by atoms with Gasteiger partial charge in [-0.1, -0.05) is 71.2 Å². The van der Waals surface area contributed by atoms with Gasteiger partial charge in [-0.05, 0) is 11.1 Å². The van der Waals surface area contributed by atoms with Crippen LogP contribution in [-0.4, -0.2) is 30.4 Å². The standard InChI is InChI=1S/C22H14N6S2/c1-5-15(6-2-13(1)17-9-23-24-10-17)19-27-21-22(29-19)28-20(30-21)16-7-3-14(4-8-16)18-11-25-26-12-18/h1-12H,(H,23,24)(H,25,26). The second-order valence-electron chi connectivity index (χ2n) is 6.78. The van der Waals surface area contributed by atoms with E-state index in [1.807, 2.05) is 24.8 Å². The Morgan fingerprint density at radius 2 is 0.900 bits per heavy atom. The van der Waals surface area contributed by atoms with Crippen LogP contribution < -0.4 is 0 Å². The summed E-state index contributed by atoms with van der Waals surface area (Å²) in [4.78, 5) is 11.6. The molecule has 144 valence electrons. The molecule has 2 aromatic carbocycles. The van der Waals surface area contributed by atoms with Gasteiger partial charge in [0, 0.05) is 34.6 Å². The number of nitrogens with zero attached hydrogens (tertiary/aromatic N) is 4. The Morgan fingerprint density at radius 3 is 1.27 bits per heavy atom. The zero-order valence-corrected chi connectivity index (χ0v) is 17.2. The lowest BCUT2D eigenvalue weighted by atomic mass is 10.1. The first-order valence-corrected chi connectivity index (χ1v) is 10.9. The largest absolute Gasteiger partial charge is 0.285 e. The number of rotatable bonds is 4. The van der Waals surface area contributed by atoms with E-state index in [2.05, 4.69) is 68.9 Å². The van der Waals surface area contributed by atoms with Crippen molar-refractivity contribution in [3.8, 4) is 43.4 Å². The number of fused-ring (bicyclic) bond motifs is 1.